The van der Waals surface area contributed by atoms with E-state index in [2.05, 4.69) is 20.4 Å². The SMILES string of the molecule is N/N=C\c1cncnc1N[C@H]1CC[C@@H](OCC(F)c2ccccc2)C1. The van der Waals surface area contributed by atoms with Crippen molar-refractivity contribution in [3.05, 3.63) is 54.0 Å². The van der Waals surface area contributed by atoms with E-state index in [1.807, 2.05) is 18.2 Å². The predicted octanol–water partition coefficient (Wildman–Crippen LogP) is 2.83. The average molecular weight is 343 g/mol. The van der Waals surface area contributed by atoms with Crippen molar-refractivity contribution in [1.82, 2.24) is 9.97 Å². The summed E-state index contributed by atoms with van der Waals surface area (Å²) in [6.07, 6.45) is 6.24. The van der Waals surface area contributed by atoms with Crippen molar-refractivity contribution in [1.29, 1.82) is 0 Å². The first-order valence-electron chi connectivity index (χ1n) is 8.36. The highest BCUT2D eigenvalue weighted by atomic mass is 19.1. The summed E-state index contributed by atoms with van der Waals surface area (Å²) in [6.45, 7) is 0.0833. The lowest BCUT2D eigenvalue weighted by atomic mass is 10.1. The van der Waals surface area contributed by atoms with Crippen LogP contribution in [0.1, 0.15) is 36.6 Å². The van der Waals surface area contributed by atoms with Crippen LogP contribution < -0.4 is 11.2 Å². The Balaban J connectivity index is 1.49. The third-order valence-corrected chi connectivity index (χ3v) is 4.32. The van der Waals surface area contributed by atoms with Crippen LogP contribution in [0.15, 0.2) is 48.0 Å². The molecule has 3 N–H and O–H groups in total. The van der Waals surface area contributed by atoms with Gasteiger partial charge in [-0.2, -0.15) is 5.10 Å². The third kappa shape index (κ3) is 4.73. The van der Waals surface area contributed by atoms with Gasteiger partial charge >= 0.3 is 0 Å². The Morgan fingerprint density at radius 3 is 3.00 bits per heavy atom. The topological polar surface area (TPSA) is 85.4 Å². The number of alkyl halides is 1. The summed E-state index contributed by atoms with van der Waals surface area (Å²) in [5.74, 6) is 5.90. The van der Waals surface area contributed by atoms with E-state index in [1.54, 1.807) is 18.3 Å². The molecule has 1 aromatic carbocycles. The first kappa shape index (κ1) is 17.3. The maximum atomic E-state index is 14.2. The zero-order valence-corrected chi connectivity index (χ0v) is 13.9. The molecule has 132 valence electrons. The Kier molecular flexibility index (Phi) is 5.90. The lowest BCUT2D eigenvalue weighted by molar-refractivity contribution is 0.0217. The summed E-state index contributed by atoms with van der Waals surface area (Å²) in [7, 11) is 0. The Hall–Kier alpha value is -2.54. The van der Waals surface area contributed by atoms with Crippen LogP contribution in [0.5, 0.6) is 0 Å². The van der Waals surface area contributed by atoms with Crippen LogP contribution in [-0.4, -0.2) is 34.9 Å². The Morgan fingerprint density at radius 2 is 2.20 bits per heavy atom. The number of ether oxygens (including phenoxy) is 1. The zero-order valence-electron chi connectivity index (χ0n) is 13.9. The number of halogens is 1. The van der Waals surface area contributed by atoms with Gasteiger partial charge in [-0.05, 0) is 24.8 Å². The molecule has 0 amide bonds. The molecule has 1 aliphatic carbocycles. The number of aromatic nitrogens is 2. The van der Waals surface area contributed by atoms with Gasteiger partial charge in [0.15, 0.2) is 0 Å². The van der Waals surface area contributed by atoms with Crippen LogP contribution in [0.3, 0.4) is 0 Å². The maximum absolute atomic E-state index is 14.2. The molecule has 1 aliphatic rings. The molecule has 6 nitrogen and oxygen atoms in total. The van der Waals surface area contributed by atoms with Crippen molar-refractivity contribution >= 4 is 12.0 Å². The van der Waals surface area contributed by atoms with Crippen molar-refractivity contribution in [3.63, 3.8) is 0 Å². The Labute approximate surface area is 146 Å². The predicted molar refractivity (Wildman–Crippen MR) is 95.1 cm³/mol. The van der Waals surface area contributed by atoms with Gasteiger partial charge in [-0.3, -0.25) is 0 Å². The number of benzene rings is 1. The van der Waals surface area contributed by atoms with Crippen LogP contribution in [0, 0.1) is 0 Å². The number of nitrogens with one attached hydrogen (secondary N) is 1. The first-order valence-corrected chi connectivity index (χ1v) is 8.36. The molecule has 3 rings (SSSR count). The van der Waals surface area contributed by atoms with Crippen molar-refractivity contribution < 1.29 is 9.13 Å². The van der Waals surface area contributed by atoms with E-state index in [-0.39, 0.29) is 18.8 Å². The number of hydrogen-bond donors (Lipinski definition) is 2. The lowest BCUT2D eigenvalue weighted by Gasteiger charge is -2.16. The summed E-state index contributed by atoms with van der Waals surface area (Å²) in [6, 6.07) is 9.33. The molecule has 0 bridgehead atoms. The molecule has 0 aliphatic heterocycles. The van der Waals surface area contributed by atoms with Gasteiger partial charge in [-0.25, -0.2) is 14.4 Å². The zero-order chi connectivity index (χ0) is 17.5. The van der Waals surface area contributed by atoms with E-state index in [0.29, 0.717) is 11.4 Å². The van der Waals surface area contributed by atoms with Crippen molar-refractivity contribution in [2.45, 2.75) is 37.6 Å². The van der Waals surface area contributed by atoms with Crippen molar-refractivity contribution in [3.8, 4) is 0 Å². The summed E-state index contributed by atoms with van der Waals surface area (Å²) >= 11 is 0. The molecule has 0 spiro atoms. The number of hydrazone groups is 1. The molecule has 0 saturated heterocycles. The highest BCUT2D eigenvalue weighted by Crippen LogP contribution is 2.27. The van der Waals surface area contributed by atoms with Gasteiger partial charge in [0.1, 0.15) is 18.3 Å². The highest BCUT2D eigenvalue weighted by molar-refractivity contribution is 5.85. The summed E-state index contributed by atoms with van der Waals surface area (Å²) in [5.41, 5.74) is 1.39. The quantitative estimate of drug-likeness (QED) is 0.459. The fourth-order valence-electron chi connectivity index (χ4n) is 3.03. The standard InChI is InChI=1S/C18H22FN5O/c19-17(13-4-2-1-3-5-13)11-25-16-7-6-15(8-16)24-18-14(10-23-20)9-21-12-22-18/h1-5,9-10,12,15-17H,6-8,11,20H2,(H,21,22,24)/b23-10-/t15-,16+,17?/m0/s1. The van der Waals surface area contributed by atoms with Crippen LogP contribution in [0.4, 0.5) is 10.2 Å². The Morgan fingerprint density at radius 1 is 1.36 bits per heavy atom. The van der Waals surface area contributed by atoms with Gasteiger partial charge < -0.3 is 15.9 Å². The number of hydrogen-bond acceptors (Lipinski definition) is 6. The van der Waals surface area contributed by atoms with Crippen LogP contribution in [-0.2, 0) is 4.74 Å². The van der Waals surface area contributed by atoms with E-state index in [1.165, 1.54) is 12.5 Å². The monoisotopic (exact) mass is 343 g/mol. The molecule has 2 aromatic rings. The first-order chi connectivity index (χ1) is 12.3. The molecule has 25 heavy (non-hydrogen) atoms. The second-order valence-corrected chi connectivity index (χ2v) is 6.09. The number of nitrogens with two attached hydrogens (primary N) is 1. The fraction of sp³-hybridized carbons (Fsp3) is 0.389. The van der Waals surface area contributed by atoms with E-state index in [4.69, 9.17) is 10.6 Å². The van der Waals surface area contributed by atoms with Crippen LogP contribution >= 0.6 is 0 Å². The summed E-state index contributed by atoms with van der Waals surface area (Å²) in [4.78, 5) is 8.20. The second kappa shape index (κ2) is 8.53. The van der Waals surface area contributed by atoms with E-state index in [0.717, 1.165) is 24.8 Å². The number of rotatable bonds is 7. The lowest BCUT2D eigenvalue weighted by Crippen LogP contribution is -2.20. The van der Waals surface area contributed by atoms with Gasteiger partial charge in [-0.15, -0.1) is 0 Å². The molecule has 1 fully saturated rings. The molecule has 1 unspecified atom stereocenters. The molecule has 3 atom stereocenters. The van der Waals surface area contributed by atoms with Gasteiger partial charge in [-0.1, -0.05) is 30.3 Å². The van der Waals surface area contributed by atoms with E-state index in [9.17, 15) is 4.39 Å². The minimum atomic E-state index is -1.09. The van der Waals surface area contributed by atoms with Crippen molar-refractivity contribution in [2.75, 3.05) is 11.9 Å². The van der Waals surface area contributed by atoms with Crippen molar-refractivity contribution in [2.24, 2.45) is 10.9 Å². The summed E-state index contributed by atoms with van der Waals surface area (Å²) in [5, 5.41) is 6.89. The smallest absolute Gasteiger partial charge is 0.148 e. The van der Waals surface area contributed by atoms with E-state index < -0.39 is 6.17 Å². The third-order valence-electron chi connectivity index (χ3n) is 4.32. The molecular weight excluding hydrogens is 321 g/mol. The van der Waals surface area contributed by atoms with Gasteiger partial charge in [0.25, 0.3) is 0 Å². The summed E-state index contributed by atoms with van der Waals surface area (Å²) < 4.78 is 20.0. The largest absolute Gasteiger partial charge is 0.375 e. The van der Waals surface area contributed by atoms with E-state index >= 15 is 0 Å². The highest BCUT2D eigenvalue weighted by Gasteiger charge is 2.27. The average Bonchev–Trinajstić information content (AvgIpc) is 3.10. The fourth-order valence-corrected chi connectivity index (χ4v) is 3.03. The number of anilines is 1. The minimum absolute atomic E-state index is 0.0490. The van der Waals surface area contributed by atoms with Crippen LogP contribution in [0.25, 0.3) is 0 Å². The van der Waals surface area contributed by atoms with Crippen LogP contribution in [0.2, 0.25) is 0 Å². The molecule has 7 heteroatoms. The molecule has 1 heterocycles. The maximum Gasteiger partial charge on any atom is 0.148 e. The van der Waals surface area contributed by atoms with Gasteiger partial charge in [0.05, 0.1) is 24.5 Å². The molecule has 1 aromatic heterocycles. The molecular formula is C18H22FN5O. The second-order valence-electron chi connectivity index (χ2n) is 6.09. The van der Waals surface area contributed by atoms with Gasteiger partial charge in [0, 0.05) is 12.2 Å². The number of nitrogens with zero attached hydrogens (tertiary/aromatic N) is 3. The molecule has 1 saturated carbocycles. The molecule has 0 radical (unpaired) electrons. The normalized spacial score (nSPS) is 21.5. The minimum Gasteiger partial charge on any atom is -0.375 e. The Bertz CT molecular complexity index is 697. The van der Waals surface area contributed by atoms with Gasteiger partial charge in [0.2, 0.25) is 0 Å².